The van der Waals surface area contributed by atoms with Gasteiger partial charge in [-0.15, -0.1) is 4.51 Å². The van der Waals surface area contributed by atoms with Crippen molar-refractivity contribution in [3.05, 3.63) is 60.4 Å². The summed E-state index contributed by atoms with van der Waals surface area (Å²) in [6.07, 6.45) is 3.03. The van der Waals surface area contributed by atoms with E-state index in [-0.39, 0.29) is 22.1 Å². The molecule has 0 radical (unpaired) electrons. The van der Waals surface area contributed by atoms with Crippen LogP contribution >= 0.6 is 11.8 Å². The van der Waals surface area contributed by atoms with Gasteiger partial charge in [0, 0.05) is 28.7 Å². The number of rotatable bonds is 5. The molecule has 0 fully saturated rings. The summed E-state index contributed by atoms with van der Waals surface area (Å²) in [4.78, 5) is 16.6. The molecule has 0 saturated heterocycles. The van der Waals surface area contributed by atoms with Gasteiger partial charge in [-0.05, 0) is 45.0 Å². The third-order valence-electron chi connectivity index (χ3n) is 4.18. The van der Waals surface area contributed by atoms with Crippen LogP contribution in [0.2, 0.25) is 0 Å². The van der Waals surface area contributed by atoms with E-state index < -0.39 is 21.6 Å². The van der Waals surface area contributed by atoms with Crippen molar-refractivity contribution in [2.45, 2.75) is 31.3 Å². The van der Waals surface area contributed by atoms with Gasteiger partial charge in [-0.25, -0.2) is 13.2 Å². The Bertz CT molecular complexity index is 1300. The van der Waals surface area contributed by atoms with Gasteiger partial charge in [0.15, 0.2) is 0 Å². The Balaban J connectivity index is 1.95. The largest absolute Gasteiger partial charge is 0.456 e. The highest BCUT2D eigenvalue weighted by atomic mass is 35.5. The van der Waals surface area contributed by atoms with Gasteiger partial charge in [-0.1, -0.05) is 18.2 Å². The molecule has 11 heteroatoms. The summed E-state index contributed by atoms with van der Waals surface area (Å²) in [5.74, 6) is -0.661. The summed E-state index contributed by atoms with van der Waals surface area (Å²) in [6, 6.07) is 10.7. The van der Waals surface area contributed by atoms with Crippen LogP contribution in [-0.4, -0.2) is 30.9 Å². The highest BCUT2D eigenvalue weighted by molar-refractivity contribution is 7.92. The van der Waals surface area contributed by atoms with Crippen LogP contribution in [0.4, 0.5) is 11.4 Å². The predicted octanol–water partition coefficient (Wildman–Crippen LogP) is 3.87. The fraction of sp³-hybridized carbons (Fsp3) is 0.190. The van der Waals surface area contributed by atoms with E-state index in [0.717, 1.165) is 0 Å². The molecule has 1 heterocycles. The molecule has 32 heavy (non-hydrogen) atoms. The number of hydrogen-bond donors (Lipinski definition) is 3. The number of halogens is 1. The zero-order valence-electron chi connectivity index (χ0n) is 17.6. The topological polar surface area (TPSA) is 136 Å². The molecule has 9 nitrogen and oxygen atoms in total. The van der Waals surface area contributed by atoms with E-state index in [1.54, 1.807) is 39.0 Å². The molecule has 0 spiro atoms. The molecule has 4 N–H and O–H groups in total. The van der Waals surface area contributed by atoms with Crippen molar-refractivity contribution >= 4 is 55.9 Å². The molecule has 2 aromatic carbocycles. The first-order valence-corrected chi connectivity index (χ1v) is 11.3. The maximum absolute atomic E-state index is 13.1. The second kappa shape index (κ2) is 9.01. The quantitative estimate of drug-likeness (QED) is 0.289. The zero-order valence-corrected chi connectivity index (χ0v) is 19.2. The molecule has 0 aliphatic heterocycles. The Kier molecular flexibility index (Phi) is 6.56. The Hall–Kier alpha value is -3.37. The first kappa shape index (κ1) is 23.3. The van der Waals surface area contributed by atoms with Crippen molar-refractivity contribution in [3.8, 4) is 0 Å². The Morgan fingerprint density at radius 1 is 1.12 bits per heavy atom. The summed E-state index contributed by atoms with van der Waals surface area (Å²) in [5.41, 5.74) is 5.60. The van der Waals surface area contributed by atoms with E-state index in [0.29, 0.717) is 16.5 Å². The monoisotopic (exact) mass is 475 g/mol. The number of hydrogen-bond acceptors (Lipinski definition) is 6. The number of para-hydroxylation sites is 1. The normalized spacial score (nSPS) is 12.4. The fourth-order valence-electron chi connectivity index (χ4n) is 2.87. The number of carbonyl (C=O) groups excluding carboxylic acids is 1. The first-order chi connectivity index (χ1) is 15.0. The third kappa shape index (κ3) is 5.45. The SMILES string of the molecule is CC(C)(C)OC(=O)c1ccccc1NS(=O)(=O)c1ccc2c(NC(N)=NCl)cncc2c1. The summed E-state index contributed by atoms with van der Waals surface area (Å²) < 4.78 is 37.3. The van der Waals surface area contributed by atoms with E-state index >= 15 is 0 Å². The minimum absolute atomic E-state index is 0.0121. The molecule has 3 rings (SSSR count). The molecule has 0 bridgehead atoms. The molecule has 1 aromatic heterocycles. The van der Waals surface area contributed by atoms with Gasteiger partial charge in [0.25, 0.3) is 10.0 Å². The van der Waals surface area contributed by atoms with Gasteiger partial charge in [0.2, 0.25) is 5.96 Å². The van der Waals surface area contributed by atoms with Gasteiger partial charge >= 0.3 is 5.97 Å². The Morgan fingerprint density at radius 3 is 2.53 bits per heavy atom. The first-order valence-electron chi connectivity index (χ1n) is 9.44. The highest BCUT2D eigenvalue weighted by Gasteiger charge is 2.23. The van der Waals surface area contributed by atoms with Crippen LogP contribution in [0.3, 0.4) is 0 Å². The van der Waals surface area contributed by atoms with Crippen molar-refractivity contribution in [2.24, 2.45) is 10.2 Å². The molecule has 168 valence electrons. The van der Waals surface area contributed by atoms with E-state index in [9.17, 15) is 13.2 Å². The zero-order chi connectivity index (χ0) is 23.5. The van der Waals surface area contributed by atoms with Gasteiger partial charge in [-0.2, -0.15) is 0 Å². The molecule has 0 aliphatic rings. The molecule has 3 aromatic rings. The fourth-order valence-corrected chi connectivity index (χ4v) is 4.02. The molecule has 0 amide bonds. The van der Waals surface area contributed by atoms with Crippen molar-refractivity contribution in [1.29, 1.82) is 0 Å². The number of sulfonamides is 1. The molecular weight excluding hydrogens is 454 g/mol. The van der Waals surface area contributed by atoms with Crippen LogP contribution in [-0.2, 0) is 14.8 Å². The summed E-state index contributed by atoms with van der Waals surface area (Å²) in [5, 5.41) is 3.99. The number of anilines is 2. The lowest BCUT2D eigenvalue weighted by Crippen LogP contribution is -2.25. The average molecular weight is 476 g/mol. The van der Waals surface area contributed by atoms with Crippen molar-refractivity contribution in [1.82, 2.24) is 4.98 Å². The lowest BCUT2D eigenvalue weighted by molar-refractivity contribution is 0.00708. The van der Waals surface area contributed by atoms with Gasteiger partial charge < -0.3 is 15.8 Å². The molecule has 0 aliphatic carbocycles. The van der Waals surface area contributed by atoms with E-state index in [1.807, 2.05) is 0 Å². The number of esters is 1. The van der Waals surface area contributed by atoms with Crippen LogP contribution in [0.1, 0.15) is 31.1 Å². The standard InChI is InChI=1S/C21H22ClN5O4S/c1-21(2,3)31-19(28)16-6-4-5-7-17(16)27-32(29,30)14-8-9-15-13(10-14)11-24-12-18(15)25-20(23)26-22/h4-12,27H,1-3H3,(H3,23,25,26). The molecule has 0 atom stereocenters. The van der Waals surface area contributed by atoms with Crippen molar-refractivity contribution in [3.63, 3.8) is 0 Å². The number of nitrogens with two attached hydrogens (primary N) is 1. The number of pyridine rings is 1. The van der Waals surface area contributed by atoms with Crippen molar-refractivity contribution < 1.29 is 17.9 Å². The van der Waals surface area contributed by atoms with Gasteiger partial charge in [-0.3, -0.25) is 9.71 Å². The van der Waals surface area contributed by atoms with Gasteiger partial charge in [0.1, 0.15) is 5.60 Å². The second-order valence-corrected chi connectivity index (χ2v) is 9.67. The van der Waals surface area contributed by atoms with E-state index in [2.05, 4.69) is 19.5 Å². The third-order valence-corrected chi connectivity index (χ3v) is 5.73. The Labute approximate surface area is 190 Å². The minimum Gasteiger partial charge on any atom is -0.456 e. The average Bonchev–Trinajstić information content (AvgIpc) is 2.72. The lowest BCUT2D eigenvalue weighted by Gasteiger charge is -2.20. The molecule has 0 unspecified atom stereocenters. The number of nitrogens with one attached hydrogen (secondary N) is 2. The summed E-state index contributed by atoms with van der Waals surface area (Å²) in [7, 11) is -4.02. The maximum atomic E-state index is 13.1. The maximum Gasteiger partial charge on any atom is 0.340 e. The minimum atomic E-state index is -4.02. The number of ether oxygens (including phenoxy) is 1. The van der Waals surface area contributed by atoms with Crippen LogP contribution < -0.4 is 15.8 Å². The van der Waals surface area contributed by atoms with Crippen LogP contribution in [0.5, 0.6) is 0 Å². The van der Waals surface area contributed by atoms with E-state index in [1.165, 1.54) is 36.7 Å². The van der Waals surface area contributed by atoms with Crippen LogP contribution in [0.25, 0.3) is 10.8 Å². The van der Waals surface area contributed by atoms with Crippen LogP contribution in [0, 0.1) is 0 Å². The lowest BCUT2D eigenvalue weighted by atomic mass is 10.1. The number of aromatic nitrogens is 1. The van der Waals surface area contributed by atoms with E-state index in [4.69, 9.17) is 22.2 Å². The number of carbonyl (C=O) groups is 1. The number of benzene rings is 2. The molecular formula is C21H22ClN5O4S. The summed E-state index contributed by atoms with van der Waals surface area (Å²) in [6.45, 7) is 5.20. The number of nitrogens with zero attached hydrogens (tertiary/aromatic N) is 2. The number of guanidine groups is 1. The van der Waals surface area contributed by atoms with Gasteiger partial charge in [0.05, 0.1) is 28.0 Å². The smallest absolute Gasteiger partial charge is 0.340 e. The Morgan fingerprint density at radius 2 is 1.84 bits per heavy atom. The van der Waals surface area contributed by atoms with Crippen molar-refractivity contribution in [2.75, 3.05) is 10.0 Å². The second-order valence-electron chi connectivity index (χ2n) is 7.82. The number of fused-ring (bicyclic) bond motifs is 1. The highest BCUT2D eigenvalue weighted by Crippen LogP contribution is 2.27. The van der Waals surface area contributed by atoms with Crippen LogP contribution in [0.15, 0.2) is 64.3 Å². The summed E-state index contributed by atoms with van der Waals surface area (Å²) >= 11 is 5.35. The predicted molar refractivity (Wildman–Crippen MR) is 125 cm³/mol. The molecule has 0 saturated carbocycles.